The highest BCUT2D eigenvalue weighted by molar-refractivity contribution is 6.44. The second kappa shape index (κ2) is 6.31. The summed E-state index contributed by atoms with van der Waals surface area (Å²) in [5.74, 6) is 0.639. The van der Waals surface area contributed by atoms with Gasteiger partial charge in [0.2, 0.25) is 0 Å². The molecule has 0 bridgehead atoms. The van der Waals surface area contributed by atoms with Crippen molar-refractivity contribution in [3.8, 4) is 0 Å². The molecule has 112 valence electrons. The minimum atomic E-state index is 0.161. The summed E-state index contributed by atoms with van der Waals surface area (Å²) in [5, 5.41) is 5.30. The van der Waals surface area contributed by atoms with E-state index in [1.165, 1.54) is 6.42 Å². The van der Waals surface area contributed by atoms with Gasteiger partial charge in [0, 0.05) is 25.2 Å². The molecular formula is C15H21Cl3N2. The Bertz CT molecular complexity index is 483. The molecule has 0 radical (unpaired) electrons. The van der Waals surface area contributed by atoms with E-state index in [2.05, 4.69) is 31.0 Å². The van der Waals surface area contributed by atoms with Crippen molar-refractivity contribution in [1.82, 2.24) is 5.32 Å². The second-order valence-corrected chi connectivity index (χ2v) is 7.67. The predicted molar refractivity (Wildman–Crippen MR) is 89.5 cm³/mol. The third kappa shape index (κ3) is 4.17. The molecule has 1 aliphatic heterocycles. The Kier molecular flexibility index (Phi) is 5.12. The monoisotopic (exact) mass is 334 g/mol. The molecule has 1 saturated heterocycles. The Labute approximate surface area is 136 Å². The lowest BCUT2D eigenvalue weighted by atomic mass is 10.1. The van der Waals surface area contributed by atoms with Crippen molar-refractivity contribution in [2.24, 2.45) is 5.92 Å². The number of nitrogens with one attached hydrogen (secondary N) is 1. The number of anilines is 1. The minimum absolute atomic E-state index is 0.161. The second-order valence-electron chi connectivity index (χ2n) is 6.45. The van der Waals surface area contributed by atoms with E-state index in [0.29, 0.717) is 21.0 Å². The molecule has 0 spiro atoms. The maximum Gasteiger partial charge on any atom is 0.0655 e. The minimum Gasteiger partial charge on any atom is -0.370 e. The number of hydrogen-bond acceptors (Lipinski definition) is 2. The molecule has 20 heavy (non-hydrogen) atoms. The van der Waals surface area contributed by atoms with E-state index < -0.39 is 0 Å². The number of nitrogens with zero attached hydrogens (tertiary/aromatic N) is 1. The summed E-state index contributed by atoms with van der Waals surface area (Å²) < 4.78 is 0. The van der Waals surface area contributed by atoms with Crippen LogP contribution in [0.2, 0.25) is 15.1 Å². The van der Waals surface area contributed by atoms with Crippen LogP contribution >= 0.6 is 34.8 Å². The van der Waals surface area contributed by atoms with E-state index in [1.54, 1.807) is 6.07 Å². The van der Waals surface area contributed by atoms with Crippen LogP contribution in [0.1, 0.15) is 27.2 Å². The van der Waals surface area contributed by atoms with Gasteiger partial charge in [-0.3, -0.25) is 0 Å². The molecule has 1 aromatic carbocycles. The largest absolute Gasteiger partial charge is 0.370 e. The van der Waals surface area contributed by atoms with Gasteiger partial charge in [-0.05, 0) is 45.2 Å². The van der Waals surface area contributed by atoms with Crippen molar-refractivity contribution in [2.45, 2.75) is 32.7 Å². The molecule has 1 aromatic rings. The van der Waals surface area contributed by atoms with Gasteiger partial charge in [0.1, 0.15) is 0 Å². The Balaban J connectivity index is 2.01. The Morgan fingerprint density at radius 2 is 1.80 bits per heavy atom. The zero-order chi connectivity index (χ0) is 14.9. The van der Waals surface area contributed by atoms with Crippen molar-refractivity contribution in [3.05, 3.63) is 27.2 Å². The summed E-state index contributed by atoms with van der Waals surface area (Å²) in [6, 6.07) is 3.59. The van der Waals surface area contributed by atoms with Gasteiger partial charge < -0.3 is 10.2 Å². The van der Waals surface area contributed by atoms with Crippen LogP contribution in [0.15, 0.2) is 12.1 Å². The summed E-state index contributed by atoms with van der Waals surface area (Å²) in [6.07, 6.45) is 1.17. The summed E-state index contributed by atoms with van der Waals surface area (Å²) in [7, 11) is 0. The molecule has 1 atom stereocenters. The van der Waals surface area contributed by atoms with Crippen LogP contribution in [-0.2, 0) is 0 Å². The van der Waals surface area contributed by atoms with E-state index in [9.17, 15) is 0 Å². The molecule has 1 aliphatic rings. The van der Waals surface area contributed by atoms with Crippen molar-refractivity contribution in [1.29, 1.82) is 0 Å². The highest BCUT2D eigenvalue weighted by Gasteiger charge is 2.25. The molecule has 1 unspecified atom stereocenters. The molecule has 2 nitrogen and oxygen atoms in total. The molecule has 0 aromatic heterocycles. The van der Waals surface area contributed by atoms with Crippen molar-refractivity contribution in [2.75, 3.05) is 24.5 Å². The van der Waals surface area contributed by atoms with Gasteiger partial charge in [-0.1, -0.05) is 34.8 Å². The Morgan fingerprint density at radius 1 is 1.15 bits per heavy atom. The first kappa shape index (κ1) is 16.2. The highest BCUT2D eigenvalue weighted by atomic mass is 35.5. The fourth-order valence-electron chi connectivity index (χ4n) is 2.42. The molecule has 0 aliphatic carbocycles. The summed E-state index contributed by atoms with van der Waals surface area (Å²) in [4.78, 5) is 2.29. The molecule has 5 heteroatoms. The number of benzene rings is 1. The third-order valence-corrected chi connectivity index (χ3v) is 4.56. The molecule has 1 heterocycles. The molecule has 2 rings (SSSR count). The van der Waals surface area contributed by atoms with Gasteiger partial charge in [-0.2, -0.15) is 0 Å². The molecule has 0 amide bonds. The molecule has 1 fully saturated rings. The fraction of sp³-hybridized carbons (Fsp3) is 0.600. The predicted octanol–water partition coefficient (Wildman–Crippen LogP) is 4.86. The fourth-order valence-corrected chi connectivity index (χ4v) is 3.08. The lowest BCUT2D eigenvalue weighted by Gasteiger charge is -2.24. The standard InChI is InChI=1S/C15H21Cl3N2/c1-15(2,3)19-8-10-4-5-20(9-10)14-7-12(17)11(16)6-13(14)18/h6-7,10,19H,4-5,8-9H2,1-3H3. The van der Waals surface area contributed by atoms with Crippen molar-refractivity contribution >= 4 is 40.5 Å². The third-order valence-electron chi connectivity index (χ3n) is 3.54. The van der Waals surface area contributed by atoms with Crippen molar-refractivity contribution < 1.29 is 0 Å². The lowest BCUT2D eigenvalue weighted by molar-refractivity contribution is 0.383. The SMILES string of the molecule is CC(C)(C)NCC1CCN(c2cc(Cl)c(Cl)cc2Cl)C1. The maximum atomic E-state index is 6.28. The van der Waals surface area contributed by atoms with Gasteiger partial charge in [-0.25, -0.2) is 0 Å². The van der Waals surface area contributed by atoms with Crippen LogP contribution < -0.4 is 10.2 Å². The molecule has 0 saturated carbocycles. The Hall–Kier alpha value is -0.150. The van der Waals surface area contributed by atoms with Crippen LogP contribution in [0, 0.1) is 5.92 Å². The van der Waals surface area contributed by atoms with Crippen LogP contribution in [0.4, 0.5) is 5.69 Å². The van der Waals surface area contributed by atoms with Gasteiger partial charge in [0.25, 0.3) is 0 Å². The van der Waals surface area contributed by atoms with Crippen molar-refractivity contribution in [3.63, 3.8) is 0 Å². The first-order valence-corrected chi connectivity index (χ1v) is 8.04. The van der Waals surface area contributed by atoms with E-state index in [1.807, 2.05) is 6.07 Å². The lowest BCUT2D eigenvalue weighted by Crippen LogP contribution is -2.39. The summed E-state index contributed by atoms with van der Waals surface area (Å²) in [6.45, 7) is 9.61. The first-order chi connectivity index (χ1) is 9.26. The van der Waals surface area contributed by atoms with Crippen LogP contribution in [0.3, 0.4) is 0 Å². The average molecular weight is 336 g/mol. The van der Waals surface area contributed by atoms with Crippen LogP contribution in [0.5, 0.6) is 0 Å². The van der Waals surface area contributed by atoms with E-state index in [0.717, 1.165) is 25.3 Å². The molecule has 1 N–H and O–H groups in total. The first-order valence-electron chi connectivity index (χ1n) is 6.91. The van der Waals surface area contributed by atoms with Gasteiger partial charge >= 0.3 is 0 Å². The quantitative estimate of drug-likeness (QED) is 0.793. The zero-order valence-electron chi connectivity index (χ0n) is 12.1. The van der Waals surface area contributed by atoms with E-state index >= 15 is 0 Å². The van der Waals surface area contributed by atoms with Gasteiger partial charge in [0.05, 0.1) is 20.8 Å². The van der Waals surface area contributed by atoms with Gasteiger partial charge in [-0.15, -0.1) is 0 Å². The summed E-state index contributed by atoms with van der Waals surface area (Å²) in [5.41, 5.74) is 1.15. The summed E-state index contributed by atoms with van der Waals surface area (Å²) >= 11 is 18.3. The number of hydrogen-bond donors (Lipinski definition) is 1. The number of rotatable bonds is 3. The zero-order valence-corrected chi connectivity index (χ0v) is 14.4. The molecular weight excluding hydrogens is 315 g/mol. The smallest absolute Gasteiger partial charge is 0.0655 e. The van der Waals surface area contributed by atoms with E-state index in [-0.39, 0.29) is 5.54 Å². The van der Waals surface area contributed by atoms with E-state index in [4.69, 9.17) is 34.8 Å². The average Bonchev–Trinajstić information content (AvgIpc) is 2.79. The van der Waals surface area contributed by atoms with Crippen LogP contribution in [-0.4, -0.2) is 25.2 Å². The van der Waals surface area contributed by atoms with Gasteiger partial charge in [0.15, 0.2) is 0 Å². The number of halogens is 3. The topological polar surface area (TPSA) is 15.3 Å². The Morgan fingerprint density at radius 3 is 2.45 bits per heavy atom. The normalized spacial score (nSPS) is 19.7. The highest BCUT2D eigenvalue weighted by Crippen LogP contribution is 2.36. The maximum absolute atomic E-state index is 6.28. The van der Waals surface area contributed by atoms with Crippen LogP contribution in [0.25, 0.3) is 0 Å².